The quantitative estimate of drug-likeness (QED) is 0.481. The van der Waals surface area contributed by atoms with Crippen molar-refractivity contribution in [2.45, 2.75) is 24.9 Å². The molecule has 1 N–H and O–H groups in total. The molecular weight excluding hydrogens is 474 g/mol. The molecule has 0 saturated carbocycles. The van der Waals surface area contributed by atoms with E-state index in [1.165, 1.54) is 30.3 Å². The zero-order chi connectivity index (χ0) is 23.3. The molecule has 0 atom stereocenters. The van der Waals surface area contributed by atoms with Crippen LogP contribution in [0.2, 0.25) is 10.0 Å². The Labute approximate surface area is 196 Å². The highest BCUT2D eigenvalue weighted by Gasteiger charge is 2.28. The first-order valence-corrected chi connectivity index (χ1v) is 11.9. The summed E-state index contributed by atoms with van der Waals surface area (Å²) in [6.45, 7) is 1.12. The van der Waals surface area contributed by atoms with Crippen molar-refractivity contribution in [3.8, 4) is 0 Å². The van der Waals surface area contributed by atoms with Gasteiger partial charge >= 0.3 is 0 Å². The maximum absolute atomic E-state index is 14.4. The number of sulfonamides is 1. The fourth-order valence-electron chi connectivity index (χ4n) is 2.96. The molecule has 0 fully saturated rings. The number of amides is 1. The van der Waals surface area contributed by atoms with Crippen LogP contribution in [-0.2, 0) is 27.9 Å². The van der Waals surface area contributed by atoms with Crippen LogP contribution in [0.5, 0.6) is 0 Å². The minimum Gasteiger partial charge on any atom is -0.351 e. The summed E-state index contributed by atoms with van der Waals surface area (Å²) in [5.74, 6) is -1.19. The molecule has 3 aromatic carbocycles. The van der Waals surface area contributed by atoms with Crippen LogP contribution in [0.1, 0.15) is 16.7 Å². The average molecular weight is 495 g/mol. The topological polar surface area (TPSA) is 66.5 Å². The monoisotopic (exact) mass is 494 g/mol. The molecule has 1 amide bonds. The predicted molar refractivity (Wildman–Crippen MR) is 123 cm³/mol. The molecular formula is C23H21Cl2FN2O3S. The van der Waals surface area contributed by atoms with E-state index in [9.17, 15) is 17.6 Å². The molecule has 0 spiro atoms. The fraction of sp³-hybridized carbons (Fsp3) is 0.174. The van der Waals surface area contributed by atoms with Gasteiger partial charge in [-0.3, -0.25) is 4.79 Å². The number of rotatable bonds is 8. The highest BCUT2D eigenvalue weighted by Crippen LogP contribution is 2.25. The first-order valence-electron chi connectivity index (χ1n) is 9.67. The number of hydrogen-bond donors (Lipinski definition) is 1. The van der Waals surface area contributed by atoms with Crippen LogP contribution in [0.3, 0.4) is 0 Å². The highest BCUT2D eigenvalue weighted by atomic mass is 35.5. The lowest BCUT2D eigenvalue weighted by atomic mass is 10.2. The van der Waals surface area contributed by atoms with Crippen LogP contribution in [-0.4, -0.2) is 25.2 Å². The number of halogens is 3. The molecule has 32 heavy (non-hydrogen) atoms. The molecule has 0 heterocycles. The van der Waals surface area contributed by atoms with E-state index < -0.39 is 34.8 Å². The number of benzene rings is 3. The Kier molecular flexibility index (Phi) is 7.90. The van der Waals surface area contributed by atoms with Crippen molar-refractivity contribution in [1.82, 2.24) is 9.62 Å². The lowest BCUT2D eigenvalue weighted by molar-refractivity contribution is -0.121. The predicted octanol–water partition coefficient (Wildman–Crippen LogP) is 4.95. The number of aryl methyl sites for hydroxylation is 1. The van der Waals surface area contributed by atoms with E-state index in [1.54, 1.807) is 36.4 Å². The summed E-state index contributed by atoms with van der Waals surface area (Å²) >= 11 is 12.0. The van der Waals surface area contributed by atoms with Crippen LogP contribution in [0.15, 0.2) is 71.6 Å². The summed E-state index contributed by atoms with van der Waals surface area (Å²) in [5, 5.41) is 3.33. The third-order valence-corrected chi connectivity index (χ3v) is 7.19. The van der Waals surface area contributed by atoms with Crippen molar-refractivity contribution in [3.63, 3.8) is 0 Å². The standard InChI is InChI=1S/C23H21Cl2FN2O3S/c1-16-5-11-19(12-6-16)32(30,31)28(14-20-21(25)3-2-4-22(20)26)15-23(29)27-13-17-7-9-18(24)10-8-17/h2-12H,13-15H2,1H3,(H,27,29). The molecule has 3 rings (SSSR count). The van der Waals surface area contributed by atoms with Gasteiger partial charge in [-0.05, 0) is 48.9 Å². The van der Waals surface area contributed by atoms with Crippen LogP contribution < -0.4 is 5.32 Å². The number of hydrogen-bond acceptors (Lipinski definition) is 3. The first-order chi connectivity index (χ1) is 15.2. The molecule has 0 aliphatic carbocycles. The van der Waals surface area contributed by atoms with E-state index in [0.29, 0.717) is 5.02 Å². The molecule has 168 valence electrons. The van der Waals surface area contributed by atoms with Gasteiger partial charge in [-0.25, -0.2) is 12.8 Å². The number of nitrogens with one attached hydrogen (secondary N) is 1. The first kappa shape index (κ1) is 24.2. The van der Waals surface area contributed by atoms with Gasteiger partial charge in [0.15, 0.2) is 0 Å². The Hall–Kier alpha value is -2.45. The summed E-state index contributed by atoms with van der Waals surface area (Å²) in [4.78, 5) is 12.6. The molecule has 0 unspecified atom stereocenters. The second kappa shape index (κ2) is 10.4. The largest absolute Gasteiger partial charge is 0.351 e. The molecule has 0 bridgehead atoms. The summed E-state index contributed by atoms with van der Waals surface area (Å²) < 4.78 is 41.9. The Morgan fingerprint density at radius 1 is 1.00 bits per heavy atom. The van der Waals surface area contributed by atoms with Gasteiger partial charge in [0, 0.05) is 28.7 Å². The lowest BCUT2D eigenvalue weighted by Crippen LogP contribution is -2.40. The van der Waals surface area contributed by atoms with Gasteiger partial charge in [0.05, 0.1) is 11.4 Å². The Balaban J connectivity index is 1.85. The molecule has 0 aliphatic rings. The molecule has 0 radical (unpaired) electrons. The third-order valence-electron chi connectivity index (χ3n) is 4.78. The lowest BCUT2D eigenvalue weighted by Gasteiger charge is -2.23. The van der Waals surface area contributed by atoms with Crippen molar-refractivity contribution in [2.24, 2.45) is 0 Å². The molecule has 0 saturated heterocycles. The highest BCUT2D eigenvalue weighted by molar-refractivity contribution is 7.89. The SMILES string of the molecule is Cc1ccc(S(=O)(=O)N(CC(=O)NCc2ccc(Cl)cc2)Cc2c(F)cccc2Cl)cc1. The van der Waals surface area contributed by atoms with Crippen molar-refractivity contribution < 1.29 is 17.6 Å². The van der Waals surface area contributed by atoms with Gasteiger partial charge < -0.3 is 5.32 Å². The van der Waals surface area contributed by atoms with Crippen LogP contribution in [0.4, 0.5) is 4.39 Å². The van der Waals surface area contributed by atoms with Gasteiger partial charge in [0.1, 0.15) is 5.82 Å². The van der Waals surface area contributed by atoms with Gasteiger partial charge in [-0.2, -0.15) is 4.31 Å². The van der Waals surface area contributed by atoms with E-state index in [4.69, 9.17) is 23.2 Å². The van der Waals surface area contributed by atoms with Gasteiger partial charge in [0.25, 0.3) is 0 Å². The molecule has 9 heteroatoms. The van der Waals surface area contributed by atoms with Crippen LogP contribution in [0, 0.1) is 12.7 Å². The Bertz CT molecular complexity index is 1180. The Morgan fingerprint density at radius 2 is 1.66 bits per heavy atom. The average Bonchev–Trinajstić information content (AvgIpc) is 2.75. The van der Waals surface area contributed by atoms with Crippen molar-refractivity contribution in [3.05, 3.63) is 99.3 Å². The van der Waals surface area contributed by atoms with Crippen molar-refractivity contribution >= 4 is 39.1 Å². The maximum atomic E-state index is 14.4. The summed E-state index contributed by atoms with van der Waals surface area (Å²) in [7, 11) is -4.10. The number of carbonyl (C=O) groups excluding carboxylic acids is 1. The van der Waals surface area contributed by atoms with Crippen LogP contribution in [0.25, 0.3) is 0 Å². The van der Waals surface area contributed by atoms with Crippen LogP contribution >= 0.6 is 23.2 Å². The number of nitrogens with zero attached hydrogens (tertiary/aromatic N) is 1. The minimum atomic E-state index is -4.10. The van der Waals surface area contributed by atoms with E-state index >= 15 is 0 Å². The maximum Gasteiger partial charge on any atom is 0.243 e. The van der Waals surface area contributed by atoms with E-state index in [2.05, 4.69) is 5.32 Å². The minimum absolute atomic E-state index is 0.000984. The summed E-state index contributed by atoms with van der Waals surface area (Å²) in [6.07, 6.45) is 0. The third kappa shape index (κ3) is 6.07. The van der Waals surface area contributed by atoms with Gasteiger partial charge in [-0.1, -0.05) is 59.1 Å². The smallest absolute Gasteiger partial charge is 0.243 e. The summed E-state index contributed by atoms with van der Waals surface area (Å²) in [5.41, 5.74) is 1.68. The normalized spacial score (nSPS) is 11.5. The number of carbonyl (C=O) groups is 1. The van der Waals surface area contributed by atoms with Gasteiger partial charge in [0.2, 0.25) is 15.9 Å². The van der Waals surface area contributed by atoms with E-state index in [1.807, 2.05) is 6.92 Å². The Morgan fingerprint density at radius 3 is 2.28 bits per heavy atom. The second-order valence-corrected chi connectivity index (χ2v) is 9.97. The van der Waals surface area contributed by atoms with E-state index in [0.717, 1.165) is 15.4 Å². The van der Waals surface area contributed by atoms with E-state index in [-0.39, 0.29) is 22.0 Å². The molecule has 0 aromatic heterocycles. The fourth-order valence-corrected chi connectivity index (χ4v) is 4.68. The molecule has 3 aromatic rings. The summed E-state index contributed by atoms with van der Waals surface area (Å²) in [6, 6.07) is 17.2. The van der Waals surface area contributed by atoms with Gasteiger partial charge in [-0.15, -0.1) is 0 Å². The zero-order valence-electron chi connectivity index (χ0n) is 17.2. The zero-order valence-corrected chi connectivity index (χ0v) is 19.5. The van der Waals surface area contributed by atoms with Crippen molar-refractivity contribution in [2.75, 3.05) is 6.54 Å². The molecule has 0 aliphatic heterocycles. The molecule has 5 nitrogen and oxygen atoms in total. The van der Waals surface area contributed by atoms with Crippen molar-refractivity contribution in [1.29, 1.82) is 0 Å². The second-order valence-electron chi connectivity index (χ2n) is 7.19.